The predicted octanol–water partition coefficient (Wildman–Crippen LogP) is 3.68. The van der Waals surface area contributed by atoms with E-state index in [1.54, 1.807) is 23.1 Å². The van der Waals surface area contributed by atoms with Crippen molar-refractivity contribution in [2.45, 2.75) is 13.5 Å². The number of para-hydroxylation sites is 2. The first kappa shape index (κ1) is 17.9. The number of amides is 1. The Balaban J connectivity index is 1.89. The number of benzene rings is 2. The number of nitrogens with zero attached hydrogens (tertiary/aromatic N) is 1. The summed E-state index contributed by atoms with van der Waals surface area (Å²) in [6.45, 7) is 8.07. The van der Waals surface area contributed by atoms with E-state index in [4.69, 9.17) is 14.2 Å². The smallest absolute Gasteiger partial charge is 0.258 e. The van der Waals surface area contributed by atoms with Gasteiger partial charge in [0.2, 0.25) is 0 Å². The summed E-state index contributed by atoms with van der Waals surface area (Å²) in [5, 5.41) is 0. The Bertz CT molecular complexity index is 787. The fourth-order valence-corrected chi connectivity index (χ4v) is 2.92. The number of carbonyl (C=O) groups is 1. The molecule has 3 rings (SSSR count). The van der Waals surface area contributed by atoms with Crippen LogP contribution in [0.1, 0.15) is 22.8 Å². The first-order valence-electron chi connectivity index (χ1n) is 8.74. The van der Waals surface area contributed by atoms with Gasteiger partial charge < -0.3 is 19.1 Å². The van der Waals surface area contributed by atoms with E-state index in [0.29, 0.717) is 50.0 Å². The second-order valence-electron chi connectivity index (χ2n) is 5.84. The number of fused-ring (bicyclic) bond motifs is 1. The van der Waals surface area contributed by atoms with Crippen molar-refractivity contribution < 1.29 is 19.0 Å². The molecule has 5 heteroatoms. The quantitative estimate of drug-likeness (QED) is 0.713. The van der Waals surface area contributed by atoms with E-state index in [2.05, 4.69) is 6.58 Å². The summed E-state index contributed by atoms with van der Waals surface area (Å²) in [7, 11) is 0. The van der Waals surface area contributed by atoms with Crippen LogP contribution in [-0.4, -0.2) is 37.2 Å². The molecule has 136 valence electrons. The van der Waals surface area contributed by atoms with Gasteiger partial charge in [0.25, 0.3) is 5.91 Å². The number of ether oxygens (including phenoxy) is 3. The summed E-state index contributed by atoms with van der Waals surface area (Å²) in [5.41, 5.74) is 1.45. The van der Waals surface area contributed by atoms with Crippen LogP contribution in [-0.2, 0) is 6.54 Å². The molecule has 5 nitrogen and oxygen atoms in total. The van der Waals surface area contributed by atoms with Crippen molar-refractivity contribution in [3.63, 3.8) is 0 Å². The van der Waals surface area contributed by atoms with Gasteiger partial charge in [-0.2, -0.15) is 0 Å². The van der Waals surface area contributed by atoms with Crippen LogP contribution >= 0.6 is 0 Å². The third kappa shape index (κ3) is 3.82. The Morgan fingerprint density at radius 3 is 2.81 bits per heavy atom. The Labute approximate surface area is 153 Å². The maximum atomic E-state index is 13.2. The second-order valence-corrected chi connectivity index (χ2v) is 5.84. The Hall–Kier alpha value is -2.95. The molecule has 0 N–H and O–H groups in total. The second kappa shape index (κ2) is 8.43. The van der Waals surface area contributed by atoms with Gasteiger partial charge >= 0.3 is 0 Å². The summed E-state index contributed by atoms with van der Waals surface area (Å²) < 4.78 is 17.0. The molecule has 0 bridgehead atoms. The van der Waals surface area contributed by atoms with Crippen LogP contribution in [0.15, 0.2) is 55.1 Å². The lowest BCUT2D eigenvalue weighted by molar-refractivity contribution is 0.0751. The van der Waals surface area contributed by atoms with Gasteiger partial charge in [-0.25, -0.2) is 0 Å². The van der Waals surface area contributed by atoms with Gasteiger partial charge in [-0.3, -0.25) is 4.79 Å². The molecule has 1 aliphatic rings. The Kier molecular flexibility index (Phi) is 5.79. The van der Waals surface area contributed by atoms with Gasteiger partial charge in [-0.05, 0) is 25.1 Å². The standard InChI is InChI=1S/C21H23NO4/c1-3-12-22(15-16-8-5-6-10-18(16)24-4-2)21(23)17-9-7-11-19-20(17)26-14-13-25-19/h3,5-11H,1,4,12-15H2,2H3. The summed E-state index contributed by atoms with van der Waals surface area (Å²) in [4.78, 5) is 14.9. The number of hydrogen-bond donors (Lipinski definition) is 0. The largest absolute Gasteiger partial charge is 0.494 e. The van der Waals surface area contributed by atoms with E-state index in [1.165, 1.54) is 0 Å². The monoisotopic (exact) mass is 353 g/mol. The first-order valence-corrected chi connectivity index (χ1v) is 8.74. The van der Waals surface area contributed by atoms with Gasteiger partial charge in [0.1, 0.15) is 19.0 Å². The molecule has 26 heavy (non-hydrogen) atoms. The average Bonchev–Trinajstić information content (AvgIpc) is 2.68. The van der Waals surface area contributed by atoms with Crippen LogP contribution in [0.4, 0.5) is 0 Å². The zero-order chi connectivity index (χ0) is 18.4. The first-order chi connectivity index (χ1) is 12.7. The highest BCUT2D eigenvalue weighted by atomic mass is 16.6. The lowest BCUT2D eigenvalue weighted by Crippen LogP contribution is -2.32. The van der Waals surface area contributed by atoms with Crippen molar-refractivity contribution in [1.82, 2.24) is 4.90 Å². The van der Waals surface area contributed by atoms with E-state index in [-0.39, 0.29) is 5.91 Å². The van der Waals surface area contributed by atoms with Crippen molar-refractivity contribution in [3.8, 4) is 17.2 Å². The highest BCUT2D eigenvalue weighted by Gasteiger charge is 2.24. The van der Waals surface area contributed by atoms with Crippen LogP contribution in [0.25, 0.3) is 0 Å². The number of carbonyl (C=O) groups excluding carboxylic acids is 1. The van der Waals surface area contributed by atoms with Crippen molar-refractivity contribution in [1.29, 1.82) is 0 Å². The van der Waals surface area contributed by atoms with Crippen molar-refractivity contribution in [2.24, 2.45) is 0 Å². The molecule has 0 aliphatic carbocycles. The van der Waals surface area contributed by atoms with Gasteiger partial charge in [-0.15, -0.1) is 6.58 Å². The molecular weight excluding hydrogens is 330 g/mol. The van der Waals surface area contributed by atoms with E-state index >= 15 is 0 Å². The SMILES string of the molecule is C=CCN(Cc1ccccc1OCC)C(=O)c1cccc2c1OCCO2. The molecule has 0 radical (unpaired) electrons. The molecule has 0 saturated heterocycles. The van der Waals surface area contributed by atoms with Crippen LogP contribution in [0.5, 0.6) is 17.2 Å². The van der Waals surface area contributed by atoms with Crippen LogP contribution < -0.4 is 14.2 Å². The number of rotatable bonds is 7. The number of hydrogen-bond acceptors (Lipinski definition) is 4. The van der Waals surface area contributed by atoms with E-state index in [1.807, 2.05) is 37.3 Å². The third-order valence-corrected chi connectivity index (χ3v) is 4.07. The summed E-state index contributed by atoms with van der Waals surface area (Å²) in [6, 6.07) is 13.1. The normalized spacial score (nSPS) is 12.3. The lowest BCUT2D eigenvalue weighted by Gasteiger charge is -2.26. The highest BCUT2D eigenvalue weighted by molar-refractivity contribution is 5.98. The molecule has 1 aliphatic heterocycles. The van der Waals surface area contributed by atoms with Gasteiger partial charge in [0.05, 0.1) is 12.2 Å². The molecule has 0 unspecified atom stereocenters. The topological polar surface area (TPSA) is 48.0 Å². The van der Waals surface area contributed by atoms with E-state index < -0.39 is 0 Å². The minimum Gasteiger partial charge on any atom is -0.494 e. The predicted molar refractivity (Wildman–Crippen MR) is 100.0 cm³/mol. The third-order valence-electron chi connectivity index (χ3n) is 4.07. The zero-order valence-corrected chi connectivity index (χ0v) is 14.9. The highest BCUT2D eigenvalue weighted by Crippen LogP contribution is 2.34. The van der Waals surface area contributed by atoms with E-state index in [0.717, 1.165) is 11.3 Å². The maximum absolute atomic E-state index is 13.2. The van der Waals surface area contributed by atoms with Crippen LogP contribution in [0, 0.1) is 0 Å². The van der Waals surface area contributed by atoms with Gasteiger partial charge in [0, 0.05) is 18.7 Å². The minimum absolute atomic E-state index is 0.126. The summed E-state index contributed by atoms with van der Waals surface area (Å²) in [5.74, 6) is 1.77. The molecule has 1 heterocycles. The average molecular weight is 353 g/mol. The summed E-state index contributed by atoms with van der Waals surface area (Å²) in [6.07, 6.45) is 1.72. The van der Waals surface area contributed by atoms with Crippen LogP contribution in [0.2, 0.25) is 0 Å². The van der Waals surface area contributed by atoms with Crippen LogP contribution in [0.3, 0.4) is 0 Å². The van der Waals surface area contributed by atoms with Gasteiger partial charge in [-0.1, -0.05) is 30.3 Å². The lowest BCUT2D eigenvalue weighted by atomic mass is 10.1. The molecule has 1 amide bonds. The maximum Gasteiger partial charge on any atom is 0.258 e. The molecular formula is C21H23NO4. The van der Waals surface area contributed by atoms with Crippen molar-refractivity contribution >= 4 is 5.91 Å². The Morgan fingerprint density at radius 2 is 2.00 bits per heavy atom. The molecule has 2 aromatic carbocycles. The van der Waals surface area contributed by atoms with Crippen molar-refractivity contribution in [2.75, 3.05) is 26.4 Å². The fourth-order valence-electron chi connectivity index (χ4n) is 2.92. The van der Waals surface area contributed by atoms with E-state index in [9.17, 15) is 4.79 Å². The molecule has 0 atom stereocenters. The molecule has 0 fully saturated rings. The molecule has 0 aromatic heterocycles. The molecule has 0 spiro atoms. The fraction of sp³-hybridized carbons (Fsp3) is 0.286. The zero-order valence-electron chi connectivity index (χ0n) is 14.9. The van der Waals surface area contributed by atoms with Crippen molar-refractivity contribution in [3.05, 3.63) is 66.2 Å². The minimum atomic E-state index is -0.126. The molecule has 0 saturated carbocycles. The summed E-state index contributed by atoms with van der Waals surface area (Å²) >= 11 is 0. The Morgan fingerprint density at radius 1 is 1.19 bits per heavy atom. The molecule has 2 aromatic rings. The van der Waals surface area contributed by atoms with Gasteiger partial charge in [0.15, 0.2) is 11.5 Å².